The van der Waals surface area contributed by atoms with Crippen molar-refractivity contribution in [2.75, 3.05) is 0 Å². The summed E-state index contributed by atoms with van der Waals surface area (Å²) < 4.78 is 51.9. The molecule has 0 atom stereocenters. The van der Waals surface area contributed by atoms with Gasteiger partial charge < -0.3 is 4.57 Å². The summed E-state index contributed by atoms with van der Waals surface area (Å²) in [5.41, 5.74) is 0.690. The van der Waals surface area contributed by atoms with Gasteiger partial charge in [0.25, 0.3) is 0 Å². The molecule has 2 rings (SSSR count). The minimum absolute atomic E-state index is 0.242. The Balaban J connectivity index is 2.66. The summed E-state index contributed by atoms with van der Waals surface area (Å²) in [4.78, 5) is 0. The number of aromatic nitrogens is 1. The van der Waals surface area contributed by atoms with Gasteiger partial charge in [0.15, 0.2) is 0 Å². The molecule has 1 aromatic heterocycles. The zero-order valence-corrected chi connectivity index (χ0v) is 10.4. The number of nitrogens with zero attached hydrogens (tertiary/aromatic N) is 1. The van der Waals surface area contributed by atoms with E-state index in [9.17, 15) is 17.6 Å². The van der Waals surface area contributed by atoms with Crippen LogP contribution in [0.4, 0.5) is 17.6 Å². The molecule has 1 heterocycles. The van der Waals surface area contributed by atoms with Gasteiger partial charge in [0, 0.05) is 15.6 Å². The van der Waals surface area contributed by atoms with Gasteiger partial charge in [-0.15, -0.1) is 0 Å². The average molecular weight is 310 g/mol. The fourth-order valence-corrected chi connectivity index (χ4v) is 2.34. The molecule has 0 aliphatic rings. The van der Waals surface area contributed by atoms with Gasteiger partial charge in [-0.05, 0) is 41.1 Å². The molecular weight excluding hydrogens is 302 g/mol. The molecule has 92 valence electrons. The second kappa shape index (κ2) is 4.01. The Morgan fingerprint density at radius 3 is 2.47 bits per heavy atom. The third-order valence-electron chi connectivity index (χ3n) is 2.48. The lowest BCUT2D eigenvalue weighted by molar-refractivity contribution is -0.140. The van der Waals surface area contributed by atoms with E-state index in [1.165, 1.54) is 6.07 Å². The molecule has 0 saturated heterocycles. The maximum atomic E-state index is 13.2. The molecule has 2 aromatic rings. The number of rotatable bonds is 1. The number of hydrogen-bond donors (Lipinski definition) is 0. The van der Waals surface area contributed by atoms with E-state index in [1.807, 2.05) is 0 Å². The molecule has 0 spiro atoms. The predicted molar refractivity (Wildman–Crippen MR) is 60.4 cm³/mol. The SMILES string of the molecule is Cc1cc2c(Br)cc(F)cc2n1CC(F)(F)F. The summed E-state index contributed by atoms with van der Waals surface area (Å²) in [6.45, 7) is 0.453. The second-order valence-electron chi connectivity index (χ2n) is 3.81. The molecule has 17 heavy (non-hydrogen) atoms. The van der Waals surface area contributed by atoms with Crippen molar-refractivity contribution < 1.29 is 17.6 Å². The molecule has 0 bridgehead atoms. The van der Waals surface area contributed by atoms with Gasteiger partial charge in [-0.25, -0.2) is 4.39 Å². The quantitative estimate of drug-likeness (QED) is 0.688. The number of aryl methyl sites for hydroxylation is 1. The standard InChI is InChI=1S/C11H8BrF4N/c1-6-2-8-9(12)3-7(13)4-10(8)17(6)5-11(14,15)16/h2-4H,5H2,1H3. The zero-order valence-electron chi connectivity index (χ0n) is 8.78. The molecule has 0 saturated carbocycles. The zero-order chi connectivity index (χ0) is 12.8. The van der Waals surface area contributed by atoms with Crippen LogP contribution in [-0.2, 0) is 6.54 Å². The highest BCUT2D eigenvalue weighted by Crippen LogP contribution is 2.30. The summed E-state index contributed by atoms with van der Waals surface area (Å²) in [6.07, 6.45) is -4.32. The van der Waals surface area contributed by atoms with Gasteiger partial charge in [-0.2, -0.15) is 13.2 Å². The maximum Gasteiger partial charge on any atom is 0.406 e. The maximum absolute atomic E-state index is 13.2. The molecular formula is C11H8BrF4N. The Hall–Kier alpha value is -1.04. The minimum Gasteiger partial charge on any atom is -0.336 e. The molecule has 6 heteroatoms. The lowest BCUT2D eigenvalue weighted by atomic mass is 10.2. The highest BCUT2D eigenvalue weighted by molar-refractivity contribution is 9.10. The van der Waals surface area contributed by atoms with Gasteiger partial charge in [-0.3, -0.25) is 0 Å². The molecule has 0 radical (unpaired) electrons. The number of fused-ring (bicyclic) bond motifs is 1. The third kappa shape index (κ3) is 2.46. The summed E-state index contributed by atoms with van der Waals surface area (Å²) in [5.74, 6) is -0.564. The monoisotopic (exact) mass is 309 g/mol. The minimum atomic E-state index is -4.32. The molecule has 1 nitrogen and oxygen atoms in total. The summed E-state index contributed by atoms with van der Waals surface area (Å²) in [5, 5.41) is 0.577. The first-order valence-electron chi connectivity index (χ1n) is 4.79. The largest absolute Gasteiger partial charge is 0.406 e. The van der Waals surface area contributed by atoms with Crippen molar-refractivity contribution in [3.8, 4) is 0 Å². The van der Waals surface area contributed by atoms with Crippen LogP contribution in [0.2, 0.25) is 0 Å². The van der Waals surface area contributed by atoms with Gasteiger partial charge in [-0.1, -0.05) is 0 Å². The fraction of sp³-hybridized carbons (Fsp3) is 0.273. The van der Waals surface area contributed by atoms with Gasteiger partial charge >= 0.3 is 6.18 Å². The van der Waals surface area contributed by atoms with Gasteiger partial charge in [0.2, 0.25) is 0 Å². The summed E-state index contributed by atoms with van der Waals surface area (Å²) >= 11 is 3.14. The number of benzene rings is 1. The van der Waals surface area contributed by atoms with Crippen LogP contribution in [0.5, 0.6) is 0 Å². The van der Waals surface area contributed by atoms with Gasteiger partial charge in [0.1, 0.15) is 12.4 Å². The first-order valence-corrected chi connectivity index (χ1v) is 5.59. The van der Waals surface area contributed by atoms with Crippen molar-refractivity contribution in [2.45, 2.75) is 19.6 Å². The van der Waals surface area contributed by atoms with Crippen molar-refractivity contribution in [3.63, 3.8) is 0 Å². The van der Waals surface area contributed by atoms with E-state index < -0.39 is 18.5 Å². The predicted octanol–water partition coefficient (Wildman–Crippen LogP) is 4.41. The molecule has 0 aliphatic carbocycles. The topological polar surface area (TPSA) is 4.93 Å². The van der Waals surface area contributed by atoms with Crippen LogP contribution in [0.3, 0.4) is 0 Å². The van der Waals surface area contributed by atoms with E-state index in [0.29, 0.717) is 15.6 Å². The van der Waals surface area contributed by atoms with Crippen LogP contribution in [0, 0.1) is 12.7 Å². The van der Waals surface area contributed by atoms with Crippen molar-refractivity contribution >= 4 is 26.8 Å². The van der Waals surface area contributed by atoms with E-state index in [0.717, 1.165) is 10.6 Å². The van der Waals surface area contributed by atoms with E-state index in [1.54, 1.807) is 13.0 Å². The van der Waals surface area contributed by atoms with E-state index in [-0.39, 0.29) is 5.52 Å². The van der Waals surface area contributed by atoms with Crippen LogP contribution >= 0.6 is 15.9 Å². The Morgan fingerprint density at radius 2 is 1.88 bits per heavy atom. The number of alkyl halides is 3. The molecule has 1 aromatic carbocycles. The second-order valence-corrected chi connectivity index (χ2v) is 4.66. The Morgan fingerprint density at radius 1 is 1.24 bits per heavy atom. The lowest BCUT2D eigenvalue weighted by Gasteiger charge is -2.11. The Kier molecular flexibility index (Phi) is 2.93. The fourth-order valence-electron chi connectivity index (χ4n) is 1.80. The Bertz CT molecular complexity index is 571. The van der Waals surface area contributed by atoms with Crippen LogP contribution in [-0.4, -0.2) is 10.7 Å². The molecule has 0 N–H and O–H groups in total. The van der Waals surface area contributed by atoms with Crippen LogP contribution < -0.4 is 0 Å². The van der Waals surface area contributed by atoms with E-state index in [4.69, 9.17) is 0 Å². The summed E-state index contributed by atoms with van der Waals surface area (Å²) in [7, 11) is 0. The van der Waals surface area contributed by atoms with Crippen molar-refractivity contribution in [1.82, 2.24) is 4.57 Å². The van der Waals surface area contributed by atoms with Crippen LogP contribution in [0.15, 0.2) is 22.7 Å². The first kappa shape index (κ1) is 12.4. The molecule has 0 aliphatic heterocycles. The molecule has 0 fully saturated rings. The van der Waals surface area contributed by atoms with Crippen LogP contribution in [0.1, 0.15) is 5.69 Å². The Labute approximate surface area is 103 Å². The average Bonchev–Trinajstić information content (AvgIpc) is 2.43. The number of halogens is 5. The molecule has 0 unspecified atom stereocenters. The molecule has 0 amide bonds. The first-order chi connectivity index (χ1) is 7.78. The summed E-state index contributed by atoms with van der Waals surface area (Å²) in [6, 6.07) is 3.95. The van der Waals surface area contributed by atoms with Gasteiger partial charge in [0.05, 0.1) is 5.52 Å². The highest BCUT2D eigenvalue weighted by Gasteiger charge is 2.29. The van der Waals surface area contributed by atoms with Crippen LogP contribution in [0.25, 0.3) is 10.9 Å². The number of hydrogen-bond acceptors (Lipinski definition) is 0. The van der Waals surface area contributed by atoms with Crippen molar-refractivity contribution in [2.24, 2.45) is 0 Å². The van der Waals surface area contributed by atoms with E-state index >= 15 is 0 Å². The smallest absolute Gasteiger partial charge is 0.336 e. The van der Waals surface area contributed by atoms with E-state index in [2.05, 4.69) is 15.9 Å². The normalized spacial score (nSPS) is 12.4. The van der Waals surface area contributed by atoms with Crippen molar-refractivity contribution in [1.29, 1.82) is 0 Å². The van der Waals surface area contributed by atoms with Crippen molar-refractivity contribution in [3.05, 3.63) is 34.2 Å². The third-order valence-corrected chi connectivity index (χ3v) is 3.14. The highest BCUT2D eigenvalue weighted by atomic mass is 79.9. The lowest BCUT2D eigenvalue weighted by Crippen LogP contribution is -2.18.